The molecule has 24 heavy (non-hydrogen) atoms. The minimum Gasteiger partial charge on any atom is -0.387 e. The fraction of sp³-hybridized carbons (Fsp3) is 0.368. The summed E-state index contributed by atoms with van der Waals surface area (Å²) in [5.41, 5.74) is 1.97. The van der Waals surface area contributed by atoms with Crippen LogP contribution in [0, 0.1) is 0 Å². The summed E-state index contributed by atoms with van der Waals surface area (Å²) in [5.74, 6) is 0. The Morgan fingerprint density at radius 1 is 0.833 bits per heavy atom. The molecule has 2 aromatic rings. The predicted octanol–water partition coefficient (Wildman–Crippen LogP) is 1.87. The molecule has 4 unspecified atom stereocenters. The Balaban J connectivity index is 1.55. The lowest BCUT2D eigenvalue weighted by molar-refractivity contribution is -0.276. The van der Waals surface area contributed by atoms with Gasteiger partial charge in [-0.2, -0.15) is 0 Å². The molecule has 5 nitrogen and oxygen atoms in total. The second-order valence-corrected chi connectivity index (χ2v) is 5.81. The Morgan fingerprint density at radius 2 is 1.38 bits per heavy atom. The zero-order valence-corrected chi connectivity index (χ0v) is 13.3. The Kier molecular flexibility index (Phi) is 5.96. The van der Waals surface area contributed by atoms with E-state index in [9.17, 15) is 10.2 Å². The molecule has 0 radical (unpaired) electrons. The molecule has 2 N–H and O–H groups in total. The molecule has 128 valence electrons. The molecule has 1 aliphatic rings. The first-order valence-electron chi connectivity index (χ1n) is 8.03. The van der Waals surface area contributed by atoms with Crippen LogP contribution in [-0.2, 0) is 27.4 Å². The molecule has 5 heteroatoms. The third-order valence-corrected chi connectivity index (χ3v) is 4.02. The smallest absolute Gasteiger partial charge is 0.183 e. The van der Waals surface area contributed by atoms with E-state index in [1.54, 1.807) is 0 Å². The molecule has 1 saturated heterocycles. The van der Waals surface area contributed by atoms with Gasteiger partial charge in [0.05, 0.1) is 19.8 Å². The minimum absolute atomic E-state index is 0.125. The topological polar surface area (TPSA) is 68.2 Å². The van der Waals surface area contributed by atoms with Crippen molar-refractivity contribution in [1.82, 2.24) is 0 Å². The SMILES string of the molecule is OC1OCC(OCc2ccccc2)C(O)C1OCc1ccccc1. The number of hydrogen-bond donors (Lipinski definition) is 2. The molecular formula is C19H22O5. The zero-order chi connectivity index (χ0) is 16.8. The van der Waals surface area contributed by atoms with Gasteiger partial charge in [-0.25, -0.2) is 0 Å². The maximum absolute atomic E-state index is 10.5. The van der Waals surface area contributed by atoms with Crippen LogP contribution in [0.15, 0.2) is 60.7 Å². The van der Waals surface area contributed by atoms with E-state index in [-0.39, 0.29) is 13.2 Å². The van der Waals surface area contributed by atoms with Crippen molar-refractivity contribution >= 4 is 0 Å². The van der Waals surface area contributed by atoms with Crippen molar-refractivity contribution in [2.45, 2.75) is 37.8 Å². The fourth-order valence-electron chi connectivity index (χ4n) is 2.64. The molecule has 1 heterocycles. The van der Waals surface area contributed by atoms with E-state index in [1.807, 2.05) is 60.7 Å². The second-order valence-electron chi connectivity index (χ2n) is 5.81. The van der Waals surface area contributed by atoms with Crippen LogP contribution >= 0.6 is 0 Å². The van der Waals surface area contributed by atoms with Crippen LogP contribution in [0.1, 0.15) is 11.1 Å². The van der Waals surface area contributed by atoms with Crippen LogP contribution in [0.5, 0.6) is 0 Å². The van der Waals surface area contributed by atoms with Gasteiger partial charge in [0.1, 0.15) is 18.3 Å². The molecule has 4 atom stereocenters. The molecular weight excluding hydrogens is 308 g/mol. The molecule has 1 fully saturated rings. The van der Waals surface area contributed by atoms with Crippen molar-refractivity contribution in [3.8, 4) is 0 Å². The lowest BCUT2D eigenvalue weighted by Gasteiger charge is -2.37. The van der Waals surface area contributed by atoms with E-state index < -0.39 is 24.6 Å². The van der Waals surface area contributed by atoms with E-state index in [2.05, 4.69) is 0 Å². The van der Waals surface area contributed by atoms with Crippen molar-refractivity contribution in [1.29, 1.82) is 0 Å². The average molecular weight is 330 g/mol. The van der Waals surface area contributed by atoms with Crippen molar-refractivity contribution in [2.24, 2.45) is 0 Å². The van der Waals surface area contributed by atoms with Crippen molar-refractivity contribution in [3.05, 3.63) is 71.8 Å². The van der Waals surface area contributed by atoms with E-state index in [4.69, 9.17) is 14.2 Å². The monoisotopic (exact) mass is 330 g/mol. The molecule has 0 aromatic heterocycles. The van der Waals surface area contributed by atoms with Gasteiger partial charge < -0.3 is 24.4 Å². The van der Waals surface area contributed by atoms with Gasteiger partial charge in [0.15, 0.2) is 6.29 Å². The number of aliphatic hydroxyl groups is 2. The molecule has 0 aliphatic carbocycles. The first kappa shape index (κ1) is 17.1. The third kappa shape index (κ3) is 4.41. The first-order chi connectivity index (χ1) is 11.7. The number of aliphatic hydroxyl groups excluding tert-OH is 2. The summed E-state index contributed by atoms with van der Waals surface area (Å²) in [7, 11) is 0. The molecule has 0 spiro atoms. The van der Waals surface area contributed by atoms with Crippen molar-refractivity contribution in [2.75, 3.05) is 6.61 Å². The highest BCUT2D eigenvalue weighted by Gasteiger charge is 2.40. The Hall–Kier alpha value is -1.76. The third-order valence-electron chi connectivity index (χ3n) is 4.02. The fourth-order valence-corrected chi connectivity index (χ4v) is 2.64. The van der Waals surface area contributed by atoms with Gasteiger partial charge in [-0.1, -0.05) is 60.7 Å². The molecule has 0 bridgehead atoms. The predicted molar refractivity (Wildman–Crippen MR) is 88.0 cm³/mol. The van der Waals surface area contributed by atoms with Gasteiger partial charge in [-0.3, -0.25) is 0 Å². The summed E-state index contributed by atoms with van der Waals surface area (Å²) in [6.45, 7) is 0.780. The first-order valence-corrected chi connectivity index (χ1v) is 8.03. The van der Waals surface area contributed by atoms with Gasteiger partial charge in [-0.05, 0) is 11.1 Å². The highest BCUT2D eigenvalue weighted by atomic mass is 16.7. The van der Waals surface area contributed by atoms with Crippen molar-refractivity contribution < 1.29 is 24.4 Å². The van der Waals surface area contributed by atoms with Gasteiger partial charge in [0, 0.05) is 0 Å². The highest BCUT2D eigenvalue weighted by Crippen LogP contribution is 2.21. The number of ether oxygens (including phenoxy) is 3. The van der Waals surface area contributed by atoms with Crippen LogP contribution in [0.3, 0.4) is 0 Å². The van der Waals surface area contributed by atoms with Gasteiger partial charge in [0.25, 0.3) is 0 Å². The van der Waals surface area contributed by atoms with Crippen LogP contribution in [0.4, 0.5) is 0 Å². The van der Waals surface area contributed by atoms with Crippen molar-refractivity contribution in [3.63, 3.8) is 0 Å². The quantitative estimate of drug-likeness (QED) is 0.846. The zero-order valence-electron chi connectivity index (χ0n) is 13.3. The van der Waals surface area contributed by atoms with E-state index in [1.165, 1.54) is 0 Å². The van der Waals surface area contributed by atoms with Gasteiger partial charge in [-0.15, -0.1) is 0 Å². The normalized spacial score (nSPS) is 27.1. The van der Waals surface area contributed by atoms with Crippen LogP contribution in [-0.4, -0.2) is 41.4 Å². The molecule has 0 amide bonds. The van der Waals surface area contributed by atoms with E-state index in [0.29, 0.717) is 6.61 Å². The summed E-state index contributed by atoms with van der Waals surface area (Å²) >= 11 is 0. The number of hydrogen-bond acceptors (Lipinski definition) is 5. The lowest BCUT2D eigenvalue weighted by Crippen LogP contribution is -2.54. The highest BCUT2D eigenvalue weighted by molar-refractivity contribution is 5.14. The number of rotatable bonds is 6. The Labute approximate surface area is 141 Å². The molecule has 0 saturated carbocycles. The summed E-state index contributed by atoms with van der Waals surface area (Å²) in [5, 5.41) is 20.4. The summed E-state index contributed by atoms with van der Waals surface area (Å²) in [4.78, 5) is 0. The summed E-state index contributed by atoms with van der Waals surface area (Å²) < 4.78 is 16.7. The maximum atomic E-state index is 10.5. The molecule has 2 aromatic carbocycles. The largest absolute Gasteiger partial charge is 0.387 e. The van der Waals surface area contributed by atoms with Crippen LogP contribution < -0.4 is 0 Å². The second kappa shape index (κ2) is 8.37. The van der Waals surface area contributed by atoms with E-state index >= 15 is 0 Å². The minimum atomic E-state index is -1.17. The number of benzene rings is 2. The molecule has 3 rings (SSSR count). The van der Waals surface area contributed by atoms with Gasteiger partial charge in [0.2, 0.25) is 0 Å². The van der Waals surface area contributed by atoms with Crippen LogP contribution in [0.25, 0.3) is 0 Å². The van der Waals surface area contributed by atoms with E-state index in [0.717, 1.165) is 11.1 Å². The maximum Gasteiger partial charge on any atom is 0.183 e. The van der Waals surface area contributed by atoms with Gasteiger partial charge >= 0.3 is 0 Å². The summed E-state index contributed by atoms with van der Waals surface area (Å²) in [6.07, 6.45) is -3.52. The average Bonchev–Trinajstić information content (AvgIpc) is 2.63. The van der Waals surface area contributed by atoms with Crippen LogP contribution in [0.2, 0.25) is 0 Å². The molecule has 1 aliphatic heterocycles. The lowest BCUT2D eigenvalue weighted by atomic mass is 10.0. The summed E-state index contributed by atoms with van der Waals surface area (Å²) in [6, 6.07) is 19.3. The Bertz CT molecular complexity index is 604. The Morgan fingerprint density at radius 3 is 1.96 bits per heavy atom. The standard InChI is InChI=1S/C19H22O5/c20-17-16(22-11-14-7-3-1-4-8-14)13-24-19(21)18(17)23-12-15-9-5-2-6-10-15/h1-10,16-21H,11-13H2.